The van der Waals surface area contributed by atoms with E-state index in [-0.39, 0.29) is 18.4 Å². The van der Waals surface area contributed by atoms with E-state index in [0.29, 0.717) is 17.9 Å². The molecule has 0 fully saturated rings. The molecule has 2 aromatic rings. The molecule has 0 atom stereocenters. The number of hydrogen-bond donors (Lipinski definition) is 2. The standard InChI is InChI=1S/C19H21IN2O3/c1-3-10-25-14-8-9-17(13(2)11-14)22-18(23)12-21-19(24)15-6-4-5-7-16(15)20/h4-9,11H,3,10,12H2,1-2H3,(H,21,24)(H,22,23). The Morgan fingerprint density at radius 3 is 2.60 bits per heavy atom. The predicted molar refractivity (Wildman–Crippen MR) is 107 cm³/mol. The van der Waals surface area contributed by atoms with Gasteiger partial charge >= 0.3 is 0 Å². The molecule has 0 bridgehead atoms. The summed E-state index contributed by atoms with van der Waals surface area (Å²) >= 11 is 2.09. The van der Waals surface area contributed by atoms with Crippen molar-refractivity contribution in [3.05, 3.63) is 57.2 Å². The van der Waals surface area contributed by atoms with E-state index in [1.807, 2.05) is 38.1 Å². The van der Waals surface area contributed by atoms with Crippen LogP contribution in [0.5, 0.6) is 5.75 Å². The normalized spacial score (nSPS) is 10.2. The van der Waals surface area contributed by atoms with Crippen LogP contribution in [0.1, 0.15) is 29.3 Å². The lowest BCUT2D eigenvalue weighted by atomic mass is 10.2. The van der Waals surface area contributed by atoms with Crippen LogP contribution in [-0.4, -0.2) is 25.0 Å². The lowest BCUT2D eigenvalue weighted by molar-refractivity contribution is -0.115. The van der Waals surface area contributed by atoms with Crippen LogP contribution >= 0.6 is 22.6 Å². The second-order valence-corrected chi connectivity index (χ2v) is 6.70. The molecule has 2 amide bonds. The largest absolute Gasteiger partial charge is 0.494 e. The summed E-state index contributed by atoms with van der Waals surface area (Å²) in [6.45, 7) is 4.53. The highest BCUT2D eigenvalue weighted by molar-refractivity contribution is 14.1. The van der Waals surface area contributed by atoms with Crippen molar-refractivity contribution >= 4 is 40.1 Å². The molecule has 0 spiro atoms. The molecule has 0 aromatic heterocycles. The molecule has 5 nitrogen and oxygen atoms in total. The Kier molecular flexibility index (Phi) is 7.24. The summed E-state index contributed by atoms with van der Waals surface area (Å²) in [5.41, 5.74) is 2.17. The molecule has 0 unspecified atom stereocenters. The molecule has 0 aliphatic heterocycles. The van der Waals surface area contributed by atoms with Crippen molar-refractivity contribution in [2.24, 2.45) is 0 Å². The molecule has 0 heterocycles. The zero-order valence-corrected chi connectivity index (χ0v) is 16.4. The Labute approximate surface area is 161 Å². The summed E-state index contributed by atoms with van der Waals surface area (Å²) in [6.07, 6.45) is 0.942. The second-order valence-electron chi connectivity index (χ2n) is 5.54. The average Bonchev–Trinajstić information content (AvgIpc) is 2.60. The summed E-state index contributed by atoms with van der Waals surface area (Å²) in [4.78, 5) is 24.2. The van der Waals surface area contributed by atoms with Gasteiger partial charge in [0.15, 0.2) is 0 Å². The smallest absolute Gasteiger partial charge is 0.252 e. The van der Waals surface area contributed by atoms with Crippen molar-refractivity contribution in [3.8, 4) is 5.75 Å². The van der Waals surface area contributed by atoms with Crippen LogP contribution in [0, 0.1) is 10.5 Å². The topological polar surface area (TPSA) is 67.4 Å². The first-order chi connectivity index (χ1) is 12.0. The molecule has 0 radical (unpaired) electrons. The van der Waals surface area contributed by atoms with Gasteiger partial charge in [0, 0.05) is 9.26 Å². The molecule has 0 aliphatic carbocycles. The Morgan fingerprint density at radius 1 is 1.16 bits per heavy atom. The van der Waals surface area contributed by atoms with Gasteiger partial charge in [-0.15, -0.1) is 0 Å². The number of rotatable bonds is 7. The number of hydrogen-bond acceptors (Lipinski definition) is 3. The zero-order chi connectivity index (χ0) is 18.2. The van der Waals surface area contributed by atoms with Gasteiger partial charge in [0.2, 0.25) is 5.91 Å². The predicted octanol–water partition coefficient (Wildman–Crippen LogP) is 3.76. The third-order valence-corrected chi connectivity index (χ3v) is 4.41. The maximum atomic E-state index is 12.1. The maximum absolute atomic E-state index is 12.1. The van der Waals surface area contributed by atoms with Gasteiger partial charge in [-0.3, -0.25) is 9.59 Å². The first-order valence-corrected chi connectivity index (χ1v) is 9.15. The van der Waals surface area contributed by atoms with Crippen LogP contribution in [0.3, 0.4) is 0 Å². The summed E-state index contributed by atoms with van der Waals surface area (Å²) in [5.74, 6) is 0.245. The average molecular weight is 452 g/mol. The Hall–Kier alpha value is -2.09. The fourth-order valence-electron chi connectivity index (χ4n) is 2.18. The third kappa shape index (κ3) is 5.74. The lowest BCUT2D eigenvalue weighted by Crippen LogP contribution is -2.33. The molecular weight excluding hydrogens is 431 g/mol. The lowest BCUT2D eigenvalue weighted by Gasteiger charge is -2.12. The third-order valence-electron chi connectivity index (χ3n) is 3.47. The fraction of sp³-hybridized carbons (Fsp3) is 0.263. The van der Waals surface area contributed by atoms with Crippen LogP contribution in [0.4, 0.5) is 5.69 Å². The van der Waals surface area contributed by atoms with E-state index in [0.717, 1.165) is 21.3 Å². The highest BCUT2D eigenvalue weighted by Crippen LogP contribution is 2.21. The molecule has 0 saturated carbocycles. The SMILES string of the molecule is CCCOc1ccc(NC(=O)CNC(=O)c2ccccc2I)c(C)c1. The number of benzene rings is 2. The summed E-state index contributed by atoms with van der Waals surface area (Å²) < 4.78 is 6.41. The second kappa shape index (κ2) is 9.41. The number of ether oxygens (including phenoxy) is 1. The van der Waals surface area contributed by atoms with Crippen molar-refractivity contribution < 1.29 is 14.3 Å². The number of anilines is 1. The monoisotopic (exact) mass is 452 g/mol. The number of carbonyl (C=O) groups is 2. The molecular formula is C19H21IN2O3. The summed E-state index contributed by atoms with van der Waals surface area (Å²) in [5, 5.41) is 5.44. The van der Waals surface area contributed by atoms with E-state index in [1.54, 1.807) is 18.2 Å². The van der Waals surface area contributed by atoms with Crippen molar-refractivity contribution in [2.75, 3.05) is 18.5 Å². The fourth-order valence-corrected chi connectivity index (χ4v) is 2.81. The molecule has 132 valence electrons. The van der Waals surface area contributed by atoms with E-state index in [4.69, 9.17) is 4.74 Å². The van der Waals surface area contributed by atoms with Gasteiger partial charge in [-0.2, -0.15) is 0 Å². The van der Waals surface area contributed by atoms with Crippen LogP contribution in [-0.2, 0) is 4.79 Å². The van der Waals surface area contributed by atoms with Crippen molar-refractivity contribution in [1.82, 2.24) is 5.32 Å². The highest BCUT2D eigenvalue weighted by atomic mass is 127. The highest BCUT2D eigenvalue weighted by Gasteiger charge is 2.11. The number of nitrogens with one attached hydrogen (secondary N) is 2. The van der Waals surface area contributed by atoms with Gasteiger partial charge in [-0.05, 0) is 71.8 Å². The number of amides is 2. The van der Waals surface area contributed by atoms with Crippen molar-refractivity contribution in [3.63, 3.8) is 0 Å². The molecule has 2 rings (SSSR count). The number of carbonyl (C=O) groups excluding carboxylic acids is 2. The molecule has 0 saturated heterocycles. The first kappa shape index (κ1) is 19.2. The number of aryl methyl sites for hydroxylation is 1. The van der Waals surface area contributed by atoms with Crippen molar-refractivity contribution in [2.45, 2.75) is 20.3 Å². The van der Waals surface area contributed by atoms with Gasteiger partial charge < -0.3 is 15.4 Å². The van der Waals surface area contributed by atoms with Gasteiger partial charge in [0.1, 0.15) is 5.75 Å². The minimum atomic E-state index is -0.274. The minimum Gasteiger partial charge on any atom is -0.494 e. The van der Waals surface area contributed by atoms with Gasteiger partial charge in [-0.25, -0.2) is 0 Å². The zero-order valence-electron chi connectivity index (χ0n) is 14.3. The first-order valence-electron chi connectivity index (χ1n) is 8.07. The maximum Gasteiger partial charge on any atom is 0.252 e. The summed E-state index contributed by atoms with van der Waals surface area (Å²) in [7, 11) is 0. The van der Waals surface area contributed by atoms with Crippen LogP contribution in [0.2, 0.25) is 0 Å². The molecule has 6 heteroatoms. The molecule has 0 aliphatic rings. The molecule has 2 aromatic carbocycles. The van der Waals surface area contributed by atoms with Crippen LogP contribution in [0.15, 0.2) is 42.5 Å². The van der Waals surface area contributed by atoms with Crippen LogP contribution in [0.25, 0.3) is 0 Å². The van der Waals surface area contributed by atoms with E-state index < -0.39 is 0 Å². The van der Waals surface area contributed by atoms with Gasteiger partial charge in [-0.1, -0.05) is 19.1 Å². The Balaban J connectivity index is 1.90. The van der Waals surface area contributed by atoms with E-state index in [9.17, 15) is 9.59 Å². The number of halogens is 1. The van der Waals surface area contributed by atoms with Gasteiger partial charge in [0.05, 0.1) is 18.7 Å². The molecule has 2 N–H and O–H groups in total. The van der Waals surface area contributed by atoms with E-state index >= 15 is 0 Å². The molecule has 25 heavy (non-hydrogen) atoms. The Morgan fingerprint density at radius 2 is 1.92 bits per heavy atom. The Bertz CT molecular complexity index is 762. The van der Waals surface area contributed by atoms with Crippen LogP contribution < -0.4 is 15.4 Å². The van der Waals surface area contributed by atoms with E-state index in [1.165, 1.54) is 0 Å². The summed E-state index contributed by atoms with van der Waals surface area (Å²) in [6, 6.07) is 12.7. The van der Waals surface area contributed by atoms with Crippen molar-refractivity contribution in [1.29, 1.82) is 0 Å². The van der Waals surface area contributed by atoms with E-state index in [2.05, 4.69) is 33.2 Å². The quantitative estimate of drug-likeness (QED) is 0.629. The minimum absolute atomic E-state index is 0.0860. The van der Waals surface area contributed by atoms with Gasteiger partial charge in [0.25, 0.3) is 5.91 Å².